The number of oxime groups is 1. The third-order valence-corrected chi connectivity index (χ3v) is 5.28. The highest BCUT2D eigenvalue weighted by atomic mass is 16.7. The number of rotatable bonds is 9. The van der Waals surface area contributed by atoms with Crippen LogP contribution < -0.4 is 5.32 Å². The summed E-state index contributed by atoms with van der Waals surface area (Å²) in [5.74, 6) is -0.273. The van der Waals surface area contributed by atoms with E-state index in [1.807, 2.05) is 27.7 Å². The molecule has 0 fully saturated rings. The zero-order valence-electron chi connectivity index (χ0n) is 20.0. The number of esters is 1. The highest BCUT2D eigenvalue weighted by molar-refractivity contribution is 5.81. The van der Waals surface area contributed by atoms with Gasteiger partial charge in [0, 0.05) is 0 Å². The molecule has 0 aliphatic heterocycles. The minimum absolute atomic E-state index is 0.119. The zero-order chi connectivity index (χ0) is 23.2. The van der Waals surface area contributed by atoms with Gasteiger partial charge in [-0.3, -0.25) is 9.63 Å². The Balaban J connectivity index is 0.000000642. The quantitative estimate of drug-likeness (QED) is 0.179. The summed E-state index contributed by atoms with van der Waals surface area (Å²) in [4.78, 5) is 27.4. The van der Waals surface area contributed by atoms with Gasteiger partial charge in [0.25, 0.3) is 0 Å². The predicted molar refractivity (Wildman–Crippen MR) is 123 cm³/mol. The van der Waals surface area contributed by atoms with Crippen molar-refractivity contribution in [3.63, 3.8) is 0 Å². The van der Waals surface area contributed by atoms with Gasteiger partial charge in [-0.25, -0.2) is 4.79 Å². The molecule has 0 unspecified atom stereocenters. The fraction of sp³-hybridized carbons (Fsp3) is 0.625. The van der Waals surface area contributed by atoms with E-state index < -0.39 is 11.5 Å². The van der Waals surface area contributed by atoms with E-state index in [1.54, 1.807) is 6.92 Å². The van der Waals surface area contributed by atoms with Crippen LogP contribution in [0.2, 0.25) is 0 Å². The lowest BCUT2D eigenvalue weighted by Crippen LogP contribution is -2.31. The smallest absolute Gasteiger partial charge is 0.433 e. The molecule has 1 N–H and O–H groups in total. The Kier molecular flexibility index (Phi) is 12.7. The SMILES string of the molecule is CCC(C)(C)c1ccccc1.CCC(C)=NOC(=O)NCCOC(=O)C(C)(C)CC. The Morgan fingerprint density at radius 3 is 2.10 bits per heavy atom. The van der Waals surface area contributed by atoms with Crippen LogP contribution in [0, 0.1) is 5.41 Å². The summed E-state index contributed by atoms with van der Waals surface area (Å²) in [7, 11) is 0. The average molecular weight is 421 g/mol. The number of hydrogen-bond acceptors (Lipinski definition) is 5. The number of benzene rings is 1. The maximum atomic E-state index is 11.6. The van der Waals surface area contributed by atoms with E-state index in [9.17, 15) is 9.59 Å². The van der Waals surface area contributed by atoms with E-state index >= 15 is 0 Å². The summed E-state index contributed by atoms with van der Waals surface area (Å²) in [5, 5.41) is 6.05. The number of carbonyl (C=O) groups is 2. The summed E-state index contributed by atoms with van der Waals surface area (Å²) in [5.41, 5.74) is 2.00. The second kappa shape index (κ2) is 13.8. The molecular weight excluding hydrogens is 380 g/mol. The van der Waals surface area contributed by atoms with E-state index in [0.29, 0.717) is 11.8 Å². The normalized spacial score (nSPS) is 11.8. The molecule has 170 valence electrons. The molecule has 0 atom stereocenters. The number of ether oxygens (including phenoxy) is 1. The van der Waals surface area contributed by atoms with E-state index in [-0.39, 0.29) is 19.1 Å². The van der Waals surface area contributed by atoms with E-state index in [4.69, 9.17) is 4.74 Å². The number of carbonyl (C=O) groups excluding carboxylic acids is 2. The van der Waals surface area contributed by atoms with Gasteiger partial charge in [0.05, 0.1) is 17.7 Å². The zero-order valence-corrected chi connectivity index (χ0v) is 20.0. The van der Waals surface area contributed by atoms with Crippen LogP contribution in [0.3, 0.4) is 0 Å². The summed E-state index contributed by atoms with van der Waals surface area (Å²) >= 11 is 0. The third-order valence-electron chi connectivity index (χ3n) is 5.28. The van der Waals surface area contributed by atoms with Gasteiger partial charge in [-0.15, -0.1) is 0 Å². The van der Waals surface area contributed by atoms with Crippen LogP contribution in [0.25, 0.3) is 0 Å². The number of nitrogens with one attached hydrogen (secondary N) is 1. The second-order valence-electron chi connectivity index (χ2n) is 8.46. The molecule has 30 heavy (non-hydrogen) atoms. The van der Waals surface area contributed by atoms with Crippen molar-refractivity contribution in [2.24, 2.45) is 10.6 Å². The first kappa shape index (κ1) is 27.6. The molecule has 6 heteroatoms. The molecule has 0 bridgehead atoms. The summed E-state index contributed by atoms with van der Waals surface area (Å²) in [6, 6.07) is 10.7. The minimum atomic E-state index is -0.654. The van der Waals surface area contributed by atoms with E-state index in [0.717, 1.165) is 12.1 Å². The Labute approximate surface area is 182 Å². The average Bonchev–Trinajstić information content (AvgIpc) is 2.75. The third kappa shape index (κ3) is 11.0. The van der Waals surface area contributed by atoms with E-state index in [2.05, 4.69) is 66.4 Å². The van der Waals surface area contributed by atoms with Crippen LogP contribution >= 0.6 is 0 Å². The van der Waals surface area contributed by atoms with Crippen LogP contribution in [-0.2, 0) is 19.8 Å². The van der Waals surface area contributed by atoms with Crippen LogP contribution in [-0.4, -0.2) is 30.9 Å². The Morgan fingerprint density at radius 1 is 1.00 bits per heavy atom. The molecular formula is C24H40N2O4. The van der Waals surface area contributed by atoms with E-state index in [1.165, 1.54) is 12.0 Å². The van der Waals surface area contributed by atoms with Crippen molar-refractivity contribution < 1.29 is 19.2 Å². The van der Waals surface area contributed by atoms with Crippen molar-refractivity contribution in [3.05, 3.63) is 35.9 Å². The lowest BCUT2D eigenvalue weighted by Gasteiger charge is -2.22. The predicted octanol–water partition coefficient (Wildman–Crippen LogP) is 5.85. The molecule has 1 aromatic rings. The molecule has 0 heterocycles. The molecule has 0 saturated heterocycles. The van der Waals surface area contributed by atoms with Crippen molar-refractivity contribution >= 4 is 17.8 Å². The van der Waals surface area contributed by atoms with Gasteiger partial charge in [-0.05, 0) is 51.0 Å². The first-order valence-corrected chi connectivity index (χ1v) is 10.7. The lowest BCUT2D eigenvalue weighted by molar-refractivity contribution is -0.153. The highest BCUT2D eigenvalue weighted by Gasteiger charge is 2.26. The van der Waals surface area contributed by atoms with Gasteiger partial charge in [0.15, 0.2) is 0 Å². The fourth-order valence-electron chi connectivity index (χ4n) is 1.95. The van der Waals surface area contributed by atoms with Crippen molar-refractivity contribution in [2.45, 2.75) is 80.1 Å². The molecule has 0 aromatic heterocycles. The maximum absolute atomic E-state index is 11.6. The Hall–Kier alpha value is -2.37. The topological polar surface area (TPSA) is 77.0 Å². The fourth-order valence-corrected chi connectivity index (χ4v) is 1.95. The van der Waals surface area contributed by atoms with Gasteiger partial charge in [0.1, 0.15) is 6.61 Å². The maximum Gasteiger partial charge on any atom is 0.433 e. The van der Waals surface area contributed by atoms with Gasteiger partial charge in [-0.1, -0.05) is 70.1 Å². The van der Waals surface area contributed by atoms with Crippen LogP contribution in [0.4, 0.5) is 4.79 Å². The van der Waals surface area contributed by atoms with Crippen molar-refractivity contribution in [1.82, 2.24) is 5.32 Å². The van der Waals surface area contributed by atoms with Crippen LogP contribution in [0.15, 0.2) is 35.5 Å². The van der Waals surface area contributed by atoms with Crippen molar-refractivity contribution in [2.75, 3.05) is 13.2 Å². The molecule has 1 aromatic carbocycles. The molecule has 0 aliphatic carbocycles. The number of amides is 1. The minimum Gasteiger partial charge on any atom is -0.463 e. The summed E-state index contributed by atoms with van der Waals surface area (Å²) < 4.78 is 5.05. The van der Waals surface area contributed by atoms with Gasteiger partial charge in [-0.2, -0.15) is 0 Å². The van der Waals surface area contributed by atoms with Crippen molar-refractivity contribution in [3.8, 4) is 0 Å². The number of nitrogens with zero attached hydrogens (tertiary/aromatic N) is 1. The van der Waals surface area contributed by atoms with Crippen molar-refractivity contribution in [1.29, 1.82) is 0 Å². The molecule has 0 aliphatic rings. The lowest BCUT2D eigenvalue weighted by atomic mass is 9.82. The largest absolute Gasteiger partial charge is 0.463 e. The highest BCUT2D eigenvalue weighted by Crippen LogP contribution is 2.25. The Morgan fingerprint density at radius 2 is 1.60 bits per heavy atom. The van der Waals surface area contributed by atoms with Gasteiger partial charge < -0.3 is 10.1 Å². The van der Waals surface area contributed by atoms with Crippen LogP contribution in [0.5, 0.6) is 0 Å². The number of hydrogen-bond donors (Lipinski definition) is 1. The summed E-state index contributed by atoms with van der Waals surface area (Å²) in [6.07, 6.45) is 1.96. The second-order valence-corrected chi connectivity index (χ2v) is 8.46. The summed E-state index contributed by atoms with van der Waals surface area (Å²) in [6.45, 7) is 16.3. The molecule has 0 saturated carbocycles. The van der Waals surface area contributed by atoms with Gasteiger partial charge in [0.2, 0.25) is 0 Å². The molecule has 0 radical (unpaired) electrons. The first-order valence-electron chi connectivity index (χ1n) is 10.7. The first-order chi connectivity index (χ1) is 14.0. The molecule has 0 spiro atoms. The Bertz CT molecular complexity index is 667. The molecule has 6 nitrogen and oxygen atoms in total. The molecule has 1 amide bonds. The molecule has 1 rings (SSSR count). The monoisotopic (exact) mass is 420 g/mol. The van der Waals surface area contributed by atoms with Gasteiger partial charge >= 0.3 is 12.1 Å². The standard InChI is InChI=1S/C13H24N2O4.C11H16/c1-6-10(3)15-19-12(17)14-8-9-18-11(16)13(4,5)7-2;1-4-11(2,3)10-8-6-5-7-9-10/h6-9H2,1-5H3,(H,14,17);5-9H,4H2,1-3H3. The van der Waals surface area contributed by atoms with Crippen LogP contribution in [0.1, 0.15) is 80.2 Å².